The Hall–Kier alpha value is 2.47. The van der Waals surface area contributed by atoms with Crippen molar-refractivity contribution in [3.8, 4) is 0 Å². The standard InChI is InChI=1S/5C4H9.3ClH.2Sn/c5*1-3-4-2;;;;;/h5*1,3-4H2,2H3;3*1H;;/q;;;;;;;;;+3/p-3. The van der Waals surface area contributed by atoms with Crippen LogP contribution >= 0.6 is 26.8 Å². The van der Waals surface area contributed by atoms with E-state index in [1.165, 1.54) is 51.4 Å². The number of unbranched alkanes of at least 4 members (excludes halogenated alkanes) is 5. The van der Waals surface area contributed by atoms with Gasteiger partial charge in [-0.25, -0.2) is 0 Å². The van der Waals surface area contributed by atoms with E-state index in [0.29, 0.717) is 0 Å². The van der Waals surface area contributed by atoms with E-state index in [9.17, 15) is 0 Å². The molecule has 25 heavy (non-hydrogen) atoms. The Morgan fingerprint density at radius 2 is 0.680 bits per heavy atom. The fraction of sp³-hybridized carbons (Fsp3) is 1.00. The van der Waals surface area contributed by atoms with Crippen molar-refractivity contribution in [1.29, 1.82) is 0 Å². The molecule has 0 bridgehead atoms. The summed E-state index contributed by atoms with van der Waals surface area (Å²) < 4.78 is 7.67. The predicted molar refractivity (Wildman–Crippen MR) is 128 cm³/mol. The maximum atomic E-state index is 5.65. The SMILES string of the molecule is CCC[CH2][Sn]([CH2]CCC)([CH2]CCC)[CH2]CCC.CCC[CH2][Sn]([Cl])([Cl])[Cl]. The van der Waals surface area contributed by atoms with Crippen molar-refractivity contribution in [3.05, 3.63) is 0 Å². The first-order valence-electron chi connectivity index (χ1n) is 10.9. The van der Waals surface area contributed by atoms with Crippen molar-refractivity contribution in [1.82, 2.24) is 0 Å². The summed E-state index contributed by atoms with van der Waals surface area (Å²) in [6.45, 7) is 11.6. The first-order chi connectivity index (χ1) is 11.8. The number of hydrogen-bond acceptors (Lipinski definition) is 0. The van der Waals surface area contributed by atoms with Gasteiger partial charge in [-0.3, -0.25) is 0 Å². The third-order valence-corrected chi connectivity index (χ3v) is 27.6. The van der Waals surface area contributed by atoms with E-state index in [4.69, 9.17) is 26.8 Å². The predicted octanol–water partition coefficient (Wildman–Crippen LogP) is 10.1. The topological polar surface area (TPSA) is 0 Å². The van der Waals surface area contributed by atoms with E-state index in [1.54, 1.807) is 17.7 Å². The van der Waals surface area contributed by atoms with E-state index < -0.39 is 33.4 Å². The second kappa shape index (κ2) is 19.8. The van der Waals surface area contributed by atoms with Gasteiger partial charge in [-0.2, -0.15) is 0 Å². The van der Waals surface area contributed by atoms with Crippen LogP contribution in [0.15, 0.2) is 0 Å². The third-order valence-electron chi connectivity index (χ3n) is 5.06. The number of hydrogen-bond donors (Lipinski definition) is 0. The summed E-state index contributed by atoms with van der Waals surface area (Å²) >= 11 is -4.58. The quantitative estimate of drug-likeness (QED) is 0.158. The second-order valence-electron chi connectivity index (χ2n) is 7.63. The Balaban J connectivity index is 0. The van der Waals surface area contributed by atoms with Crippen LogP contribution in [0.25, 0.3) is 0 Å². The van der Waals surface area contributed by atoms with Crippen LogP contribution in [0.5, 0.6) is 0 Å². The molecule has 5 heteroatoms. The van der Waals surface area contributed by atoms with Crippen LogP contribution in [0, 0.1) is 0 Å². The van der Waals surface area contributed by atoms with Crippen LogP contribution in [-0.2, 0) is 0 Å². The molecule has 0 aromatic heterocycles. The van der Waals surface area contributed by atoms with Crippen molar-refractivity contribution in [3.63, 3.8) is 0 Å². The third kappa shape index (κ3) is 21.0. The summed E-state index contributed by atoms with van der Waals surface area (Å²) in [4.78, 5) is 0. The summed E-state index contributed by atoms with van der Waals surface area (Å²) in [7, 11) is 17.0. The normalized spacial score (nSPS) is 12.0. The molecule has 154 valence electrons. The zero-order valence-corrected chi connectivity index (χ0v) is 25.7. The van der Waals surface area contributed by atoms with Gasteiger partial charge in [0, 0.05) is 0 Å². The van der Waals surface area contributed by atoms with E-state index in [0.717, 1.165) is 17.3 Å². The van der Waals surface area contributed by atoms with E-state index in [1.807, 2.05) is 0 Å². The average molecular weight is 629 g/mol. The zero-order chi connectivity index (χ0) is 19.6. The molecule has 0 rings (SSSR count). The fourth-order valence-electron chi connectivity index (χ4n) is 3.33. The molecule has 0 unspecified atom stereocenters. The Bertz CT molecular complexity index is 231. The summed E-state index contributed by atoms with van der Waals surface area (Å²) in [5.41, 5.74) is 0. The van der Waals surface area contributed by atoms with Gasteiger partial charge in [0.25, 0.3) is 0 Å². The van der Waals surface area contributed by atoms with Gasteiger partial charge >= 0.3 is 181 Å². The Morgan fingerprint density at radius 3 is 0.840 bits per heavy atom. The second-order valence-corrected chi connectivity index (χ2v) is 43.7. The van der Waals surface area contributed by atoms with Gasteiger partial charge in [-0.1, -0.05) is 0 Å². The van der Waals surface area contributed by atoms with Crippen LogP contribution in [0.4, 0.5) is 0 Å². The summed E-state index contributed by atoms with van der Waals surface area (Å²) in [6, 6.07) is 0. The molecule has 0 saturated carbocycles. The van der Waals surface area contributed by atoms with Gasteiger partial charge in [0.2, 0.25) is 0 Å². The van der Waals surface area contributed by atoms with Gasteiger partial charge in [0.15, 0.2) is 0 Å². The molecular weight excluding hydrogens is 584 g/mol. The van der Waals surface area contributed by atoms with Crippen LogP contribution in [0.1, 0.15) is 98.8 Å². The van der Waals surface area contributed by atoms with Crippen molar-refractivity contribution in [2.45, 2.75) is 121 Å². The molecule has 0 aliphatic rings. The summed E-state index contributed by atoms with van der Waals surface area (Å²) in [6.07, 6.45) is 14.0. The Labute approximate surface area is 179 Å². The van der Waals surface area contributed by atoms with Crippen molar-refractivity contribution in [2.24, 2.45) is 0 Å². The molecule has 0 nitrogen and oxygen atoms in total. The Morgan fingerprint density at radius 1 is 0.440 bits per heavy atom. The van der Waals surface area contributed by atoms with Crippen molar-refractivity contribution >= 4 is 60.1 Å². The van der Waals surface area contributed by atoms with Crippen LogP contribution < -0.4 is 0 Å². The first kappa shape index (κ1) is 29.7. The molecule has 0 aromatic rings. The van der Waals surface area contributed by atoms with Crippen molar-refractivity contribution in [2.75, 3.05) is 0 Å². The molecule has 0 radical (unpaired) electrons. The maximum absolute atomic E-state index is 5.65. The van der Waals surface area contributed by atoms with E-state index >= 15 is 0 Å². The minimum absolute atomic E-state index is 0.871. The first-order valence-corrected chi connectivity index (χ1v) is 31.8. The van der Waals surface area contributed by atoms with Crippen LogP contribution in [-0.4, -0.2) is 33.4 Å². The van der Waals surface area contributed by atoms with E-state index in [-0.39, 0.29) is 0 Å². The van der Waals surface area contributed by atoms with E-state index in [2.05, 4.69) is 34.6 Å². The zero-order valence-electron chi connectivity index (χ0n) is 17.7. The molecule has 0 aliphatic heterocycles. The van der Waals surface area contributed by atoms with Crippen LogP contribution in [0.3, 0.4) is 0 Å². The number of halogens is 3. The molecule has 0 fully saturated rings. The Kier molecular flexibility index (Phi) is 23.5. The molecule has 0 amide bonds. The molecule has 0 atom stereocenters. The molecular formula is C20H45Cl3Sn2. The average Bonchev–Trinajstić information content (AvgIpc) is 2.58. The molecule has 0 heterocycles. The van der Waals surface area contributed by atoms with Crippen molar-refractivity contribution < 1.29 is 0 Å². The molecule has 0 saturated heterocycles. The molecule has 0 aliphatic carbocycles. The summed E-state index contributed by atoms with van der Waals surface area (Å²) in [5.74, 6) is 0. The van der Waals surface area contributed by atoms with Gasteiger partial charge in [0.05, 0.1) is 0 Å². The van der Waals surface area contributed by atoms with Gasteiger partial charge in [-0.15, -0.1) is 0 Å². The van der Waals surface area contributed by atoms with Gasteiger partial charge in [0.1, 0.15) is 0 Å². The monoisotopic (exact) mass is 630 g/mol. The molecule has 0 spiro atoms. The fourth-order valence-corrected chi connectivity index (χ4v) is 25.1. The van der Waals surface area contributed by atoms with Gasteiger partial charge in [-0.05, 0) is 0 Å². The minimum atomic E-state index is -2.89. The summed E-state index contributed by atoms with van der Waals surface area (Å²) in [5, 5.41) is 0. The van der Waals surface area contributed by atoms with Gasteiger partial charge < -0.3 is 0 Å². The number of rotatable bonds is 15. The molecule has 0 N–H and O–H groups in total. The molecule has 0 aromatic carbocycles. The van der Waals surface area contributed by atoms with Crippen LogP contribution in [0.2, 0.25) is 22.2 Å².